The molecule has 1 aromatic heterocycles. The number of ketones is 1. The molecule has 7 aromatic rings. The SMILES string of the molecule is COc1ccc(C2Nc3cc(-c4cc(Cl)c5c6c4nc(=O)c(=C(O)c4ccccc4)c=6c4cc(C6Oc7ccc(NCc8ccncc8)cc7O6)ccc4c5=O)ccc3N=C3CC(C)(C)CC(=O)C32)cc1OC. The van der Waals surface area contributed by atoms with Crippen LogP contribution in [-0.2, 0) is 11.3 Å². The maximum atomic E-state index is 14.9. The summed E-state index contributed by atoms with van der Waals surface area (Å²) < 4.78 is 24.1. The second kappa shape index (κ2) is 17.6. The molecule has 1 fully saturated rings. The monoisotopic (exact) mass is 987 g/mol. The number of aliphatic imine (C=N–C) groups is 1. The van der Waals surface area contributed by atoms with Crippen molar-refractivity contribution >= 4 is 67.6 Å². The molecule has 0 amide bonds. The summed E-state index contributed by atoms with van der Waals surface area (Å²) in [5.41, 5.74) is 5.56. The first-order chi connectivity index (χ1) is 35.4. The highest BCUT2D eigenvalue weighted by Crippen LogP contribution is 2.48. The maximum Gasteiger partial charge on any atom is 0.282 e. The highest BCUT2D eigenvalue weighted by atomic mass is 35.5. The Labute approximate surface area is 422 Å². The summed E-state index contributed by atoms with van der Waals surface area (Å²) in [6.45, 7) is 4.74. The van der Waals surface area contributed by atoms with Crippen molar-refractivity contribution in [2.75, 3.05) is 24.9 Å². The van der Waals surface area contributed by atoms with E-state index in [4.69, 9.17) is 40.5 Å². The fourth-order valence-electron chi connectivity index (χ4n) is 10.8. The molecule has 6 aromatic carbocycles. The smallest absolute Gasteiger partial charge is 0.282 e. The highest BCUT2D eigenvalue weighted by molar-refractivity contribution is 6.35. The van der Waals surface area contributed by atoms with Crippen LogP contribution in [0.15, 0.2) is 148 Å². The number of anilines is 2. The van der Waals surface area contributed by atoms with Gasteiger partial charge >= 0.3 is 0 Å². The van der Waals surface area contributed by atoms with Crippen molar-refractivity contribution in [3.05, 3.63) is 197 Å². The highest BCUT2D eigenvalue weighted by Gasteiger charge is 2.44. The second-order valence-electron chi connectivity index (χ2n) is 19.5. The minimum absolute atomic E-state index is 0.0761. The van der Waals surface area contributed by atoms with Crippen molar-refractivity contribution in [1.82, 2.24) is 9.97 Å². The summed E-state index contributed by atoms with van der Waals surface area (Å²) in [6.07, 6.45) is 3.58. The van der Waals surface area contributed by atoms with Gasteiger partial charge in [-0.15, -0.1) is 0 Å². The quantitative estimate of drug-likeness (QED) is 0.125. The molecule has 362 valence electrons. The van der Waals surface area contributed by atoms with Gasteiger partial charge in [0.05, 0.1) is 58.7 Å². The van der Waals surface area contributed by atoms with Crippen LogP contribution >= 0.6 is 11.6 Å². The number of pyridine rings is 1. The van der Waals surface area contributed by atoms with Crippen LogP contribution in [0, 0.1) is 21.8 Å². The molecule has 3 unspecified atom stereocenters. The lowest BCUT2D eigenvalue weighted by Crippen LogP contribution is -2.42. The first kappa shape index (κ1) is 45.6. The zero-order valence-electron chi connectivity index (χ0n) is 40.1. The number of ether oxygens (including phenoxy) is 4. The fraction of sp³-hybridized carbons (Fsp3) is 0.186. The number of aliphatic hydroxyl groups is 1. The van der Waals surface area contributed by atoms with Crippen LogP contribution in [0.5, 0.6) is 23.0 Å². The van der Waals surface area contributed by atoms with Crippen LogP contribution < -0.4 is 45.8 Å². The van der Waals surface area contributed by atoms with Gasteiger partial charge in [0.25, 0.3) is 11.8 Å². The number of rotatable bonds is 9. The fourth-order valence-corrected chi connectivity index (χ4v) is 11.1. The normalized spacial score (nSPS) is 18.1. The van der Waals surface area contributed by atoms with E-state index in [-0.39, 0.29) is 48.9 Å². The minimum Gasteiger partial charge on any atom is -0.506 e. The van der Waals surface area contributed by atoms with Gasteiger partial charge in [0.2, 0.25) is 0 Å². The molecule has 13 nitrogen and oxygen atoms in total. The Balaban J connectivity index is 1.04. The van der Waals surface area contributed by atoms with E-state index in [0.29, 0.717) is 91.8 Å². The molecule has 5 aliphatic rings. The largest absolute Gasteiger partial charge is 0.506 e. The van der Waals surface area contributed by atoms with E-state index >= 15 is 0 Å². The summed E-state index contributed by atoms with van der Waals surface area (Å²) in [5, 5.41) is 20.7. The molecule has 3 N–H and O–H groups in total. The number of methoxy groups -OCH3 is 2. The number of benzene rings is 6. The molecule has 3 atom stereocenters. The zero-order valence-corrected chi connectivity index (χ0v) is 40.8. The molecule has 12 rings (SSSR count). The first-order valence-electron chi connectivity index (χ1n) is 23.9. The van der Waals surface area contributed by atoms with Crippen LogP contribution in [0.3, 0.4) is 0 Å². The van der Waals surface area contributed by atoms with Gasteiger partial charge in [0.1, 0.15) is 11.5 Å². The lowest BCUT2D eigenvalue weighted by molar-refractivity contribution is -0.124. The van der Waals surface area contributed by atoms with Crippen LogP contribution in [0.2, 0.25) is 5.02 Å². The van der Waals surface area contributed by atoms with E-state index in [2.05, 4.69) is 29.5 Å². The molecule has 1 saturated carbocycles. The van der Waals surface area contributed by atoms with E-state index in [9.17, 15) is 19.5 Å². The van der Waals surface area contributed by atoms with Gasteiger partial charge in [-0.2, -0.15) is 0 Å². The zero-order chi connectivity index (χ0) is 50.3. The van der Waals surface area contributed by atoms with E-state index in [1.54, 1.807) is 75.1 Å². The summed E-state index contributed by atoms with van der Waals surface area (Å²) in [5.74, 6) is 1.32. The number of fused-ring (bicyclic) bond motifs is 5. The van der Waals surface area contributed by atoms with Gasteiger partial charge in [-0.3, -0.25) is 24.4 Å². The Hall–Kier alpha value is -8.55. The van der Waals surface area contributed by atoms with Crippen molar-refractivity contribution < 1.29 is 28.8 Å². The number of aliphatic hydroxyl groups excluding tert-OH is 1. The van der Waals surface area contributed by atoms with Crippen molar-refractivity contribution in [1.29, 1.82) is 0 Å². The van der Waals surface area contributed by atoms with Crippen LogP contribution in [0.4, 0.5) is 17.1 Å². The number of nitrogens with one attached hydrogen (secondary N) is 2. The predicted octanol–water partition coefficient (Wildman–Crippen LogP) is 10.8. The first-order valence-corrected chi connectivity index (χ1v) is 24.3. The molecule has 14 heteroatoms. The Morgan fingerprint density at radius 1 is 0.808 bits per heavy atom. The summed E-state index contributed by atoms with van der Waals surface area (Å²) >= 11 is 7.28. The van der Waals surface area contributed by atoms with Crippen LogP contribution in [-0.4, -0.2) is 40.8 Å². The molecule has 0 saturated heterocycles. The number of hydrogen-bond acceptors (Lipinski definition) is 13. The van der Waals surface area contributed by atoms with Crippen molar-refractivity contribution in [3.63, 3.8) is 0 Å². The maximum absolute atomic E-state index is 14.9. The van der Waals surface area contributed by atoms with Gasteiger partial charge in [-0.05, 0) is 101 Å². The molecular formula is C59H46ClN5O8. The molecule has 0 bridgehead atoms. The van der Waals surface area contributed by atoms with E-state index in [0.717, 1.165) is 22.5 Å². The van der Waals surface area contributed by atoms with Gasteiger partial charge in [0.15, 0.2) is 28.4 Å². The predicted molar refractivity (Wildman–Crippen MR) is 282 cm³/mol. The lowest BCUT2D eigenvalue weighted by Gasteiger charge is -2.37. The average Bonchev–Trinajstić information content (AvgIpc) is 3.75. The third kappa shape index (κ3) is 7.87. The summed E-state index contributed by atoms with van der Waals surface area (Å²) in [7, 11) is 3.15. The number of hydrogen-bond donors (Lipinski definition) is 3. The summed E-state index contributed by atoms with van der Waals surface area (Å²) in [6, 6.07) is 35.8. The molecule has 73 heavy (non-hydrogen) atoms. The van der Waals surface area contributed by atoms with E-state index in [1.807, 2.05) is 72.8 Å². The van der Waals surface area contributed by atoms with E-state index in [1.165, 1.54) is 0 Å². The minimum atomic E-state index is -0.912. The Morgan fingerprint density at radius 2 is 1.59 bits per heavy atom. The van der Waals surface area contributed by atoms with Gasteiger partial charge in [-0.1, -0.05) is 74.0 Å². The molecule has 4 heterocycles. The third-order valence-electron chi connectivity index (χ3n) is 14.2. The van der Waals surface area contributed by atoms with Gasteiger partial charge in [-0.25, -0.2) is 4.98 Å². The third-order valence-corrected chi connectivity index (χ3v) is 14.5. The van der Waals surface area contributed by atoms with Gasteiger partial charge < -0.3 is 34.7 Å². The van der Waals surface area contributed by atoms with Crippen LogP contribution in [0.25, 0.3) is 38.6 Å². The topological polar surface area (TPSA) is 171 Å². The van der Waals surface area contributed by atoms with Crippen LogP contribution in [0.1, 0.15) is 61.3 Å². The number of carbonyl (C=O) groups excluding carboxylic acids is 1. The second-order valence-corrected chi connectivity index (χ2v) is 19.9. The lowest BCUT2D eigenvalue weighted by atomic mass is 9.68. The molecule has 2 aliphatic carbocycles. The Morgan fingerprint density at radius 3 is 2.38 bits per heavy atom. The van der Waals surface area contributed by atoms with Crippen molar-refractivity contribution in [3.8, 4) is 34.1 Å². The molecular weight excluding hydrogens is 942 g/mol. The average molecular weight is 988 g/mol. The Bertz CT molecular complexity index is 4020. The molecule has 0 radical (unpaired) electrons. The Kier molecular flexibility index (Phi) is 11.0. The van der Waals surface area contributed by atoms with E-state index < -0.39 is 23.8 Å². The number of carbonyl (C=O) groups is 1. The summed E-state index contributed by atoms with van der Waals surface area (Å²) in [4.78, 5) is 58.0. The number of halogens is 1. The molecule has 3 aliphatic heterocycles. The standard InChI is InChI=1S/C59H46ClN5O8/c1-59(2)27-42-50(43(66)28-59)53(33-12-16-44(70-3)46(24-33)71-4)64-41-23-32(11-15-40(41)63-42)37-26-39(60)49-51-48(52(57(69)65-54(37)51)55(67)31-8-6-5-7-9-31)38-22-34(10-14-36(38)56(49)68)58-72-45-17-13-35(25-47(45)73-58)62-29-30-18-20-61-21-19-30/h5-26,50,53,58,62,64,67H,27-29H2,1-4H3. The van der Waals surface area contributed by atoms with Crippen molar-refractivity contribution in [2.24, 2.45) is 16.3 Å². The number of Topliss-reactive ketones (excluding diaryl/α,β-unsaturated/α-hetero) is 1. The van der Waals surface area contributed by atoms with Gasteiger partial charge in [0, 0.05) is 75.3 Å². The number of nitrogens with zero attached hydrogens (tertiary/aromatic N) is 3. The molecule has 0 spiro atoms. The number of aromatic nitrogens is 2. The van der Waals surface area contributed by atoms with Crippen molar-refractivity contribution in [2.45, 2.75) is 45.6 Å².